The zero-order chi connectivity index (χ0) is 22.0. The van der Waals surface area contributed by atoms with Crippen molar-refractivity contribution in [3.63, 3.8) is 0 Å². The lowest BCUT2D eigenvalue weighted by molar-refractivity contribution is 0.122. The van der Waals surface area contributed by atoms with Gasteiger partial charge in [0, 0.05) is 36.6 Å². The average Bonchev–Trinajstić information content (AvgIpc) is 3.40. The summed E-state index contributed by atoms with van der Waals surface area (Å²) < 4.78 is 13.1. The van der Waals surface area contributed by atoms with E-state index in [0.29, 0.717) is 19.2 Å². The molecule has 0 saturated carbocycles. The second-order valence-electron chi connectivity index (χ2n) is 8.11. The van der Waals surface area contributed by atoms with E-state index in [0.717, 1.165) is 72.0 Å². The lowest BCUT2D eigenvalue weighted by atomic mass is 10.1. The number of hydrogen-bond donors (Lipinski definition) is 0. The quantitative estimate of drug-likeness (QED) is 0.477. The number of benzene rings is 1. The summed E-state index contributed by atoms with van der Waals surface area (Å²) in [5.74, 6) is 2.19. The van der Waals surface area contributed by atoms with Gasteiger partial charge >= 0.3 is 0 Å². The van der Waals surface area contributed by atoms with Gasteiger partial charge in [-0.25, -0.2) is 14.6 Å². The molecule has 0 N–H and O–H groups in total. The number of pyridine rings is 1. The molecule has 0 atom stereocenters. The fourth-order valence-corrected chi connectivity index (χ4v) is 4.18. The number of fused-ring (bicyclic) bond motifs is 1. The highest BCUT2D eigenvalue weighted by molar-refractivity contribution is 5.88. The minimum Gasteiger partial charge on any atom is -0.493 e. The summed E-state index contributed by atoms with van der Waals surface area (Å²) in [6, 6.07) is 14.1. The number of rotatable bonds is 4. The van der Waals surface area contributed by atoms with Gasteiger partial charge in [0.05, 0.1) is 31.0 Å². The molecule has 6 rings (SSSR count). The highest BCUT2D eigenvalue weighted by atomic mass is 16.5. The molecule has 0 bridgehead atoms. The van der Waals surface area contributed by atoms with Crippen LogP contribution < -0.4 is 4.90 Å². The Hall–Kier alpha value is -3.78. The smallest absolute Gasteiger partial charge is 0.253 e. The van der Waals surface area contributed by atoms with Crippen LogP contribution in [0.5, 0.6) is 0 Å². The maximum absolute atomic E-state index is 5.86. The van der Waals surface area contributed by atoms with Crippen molar-refractivity contribution in [2.45, 2.75) is 12.8 Å². The molecular formula is C25H24N6O2. The third-order valence-corrected chi connectivity index (χ3v) is 5.90. The topological polar surface area (TPSA) is 78.2 Å². The molecule has 166 valence electrons. The van der Waals surface area contributed by atoms with Gasteiger partial charge in [-0.05, 0) is 31.1 Å². The Morgan fingerprint density at radius 1 is 0.909 bits per heavy atom. The van der Waals surface area contributed by atoms with Crippen molar-refractivity contribution in [2.24, 2.45) is 0 Å². The summed E-state index contributed by atoms with van der Waals surface area (Å²) in [7, 11) is 0. The third-order valence-electron chi connectivity index (χ3n) is 5.90. The van der Waals surface area contributed by atoms with E-state index in [1.807, 2.05) is 54.9 Å². The van der Waals surface area contributed by atoms with E-state index in [1.165, 1.54) is 0 Å². The van der Waals surface area contributed by atoms with Gasteiger partial charge in [-0.2, -0.15) is 10.1 Å². The fourth-order valence-electron chi connectivity index (χ4n) is 4.18. The summed E-state index contributed by atoms with van der Waals surface area (Å²) in [4.78, 5) is 16.7. The van der Waals surface area contributed by atoms with Crippen molar-refractivity contribution in [3.8, 4) is 17.2 Å². The predicted octanol–water partition coefficient (Wildman–Crippen LogP) is 3.87. The predicted molar refractivity (Wildman–Crippen MR) is 126 cm³/mol. The molecule has 5 heterocycles. The van der Waals surface area contributed by atoms with E-state index in [2.05, 4.69) is 11.0 Å². The highest BCUT2D eigenvalue weighted by Crippen LogP contribution is 2.28. The first-order valence-electron chi connectivity index (χ1n) is 11.3. The highest BCUT2D eigenvalue weighted by Gasteiger charge is 2.20. The number of anilines is 1. The van der Waals surface area contributed by atoms with E-state index in [9.17, 15) is 0 Å². The summed E-state index contributed by atoms with van der Waals surface area (Å²) in [6.07, 6.45) is 7.93. The third kappa shape index (κ3) is 3.93. The number of nitrogens with zero attached hydrogens (tertiary/aromatic N) is 6. The Morgan fingerprint density at radius 2 is 1.79 bits per heavy atom. The number of aromatic nitrogens is 5. The van der Waals surface area contributed by atoms with Gasteiger partial charge in [0.15, 0.2) is 5.82 Å². The first-order chi connectivity index (χ1) is 16.3. The fraction of sp³-hybridized carbons (Fsp3) is 0.280. The number of morpholine rings is 1. The minimum atomic E-state index is 0.517. The summed E-state index contributed by atoms with van der Waals surface area (Å²) >= 11 is 0. The van der Waals surface area contributed by atoms with Gasteiger partial charge < -0.3 is 14.4 Å². The molecule has 0 spiro atoms. The first-order valence-corrected chi connectivity index (χ1v) is 11.3. The van der Waals surface area contributed by atoms with Crippen LogP contribution in [-0.2, 0) is 9.47 Å². The number of hydrogen-bond acceptors (Lipinski definition) is 7. The lowest BCUT2D eigenvalue weighted by Crippen LogP contribution is -2.37. The van der Waals surface area contributed by atoms with Gasteiger partial charge in [-0.15, -0.1) is 0 Å². The number of allylic oxidation sites excluding steroid dienone is 1. The summed E-state index contributed by atoms with van der Waals surface area (Å²) in [5, 5.41) is 4.75. The standard InChI is InChI=1S/C25H24N6O2/c1-2-6-18(7-3-1)20-9-10-31(29-20)25-27-21-16-19(22-8-4-5-13-33-22)17-26-23(21)24(28-25)30-11-14-32-15-12-30/h1-3,6-10,16-17H,4-5,11-15H2. The maximum Gasteiger partial charge on any atom is 0.253 e. The van der Waals surface area contributed by atoms with Crippen molar-refractivity contribution in [3.05, 3.63) is 66.5 Å². The molecule has 1 saturated heterocycles. The molecule has 2 aliphatic heterocycles. The SMILES string of the molecule is C1=C(c2cnc3c(N4CCOCC4)nc(-n4ccc(-c5ccccc5)n4)nc3c2)OCCC1. The molecule has 0 radical (unpaired) electrons. The number of ether oxygens (including phenoxy) is 2. The minimum absolute atomic E-state index is 0.517. The molecule has 1 aromatic carbocycles. The molecular weight excluding hydrogens is 416 g/mol. The van der Waals surface area contributed by atoms with E-state index < -0.39 is 0 Å². The summed E-state index contributed by atoms with van der Waals surface area (Å²) in [5.41, 5.74) is 4.41. The van der Waals surface area contributed by atoms with Crippen LogP contribution in [0.25, 0.3) is 34.0 Å². The molecule has 0 unspecified atom stereocenters. The van der Waals surface area contributed by atoms with Crippen molar-refractivity contribution < 1.29 is 9.47 Å². The van der Waals surface area contributed by atoms with Crippen molar-refractivity contribution in [2.75, 3.05) is 37.8 Å². The zero-order valence-corrected chi connectivity index (χ0v) is 18.2. The van der Waals surface area contributed by atoms with E-state index in [4.69, 9.17) is 29.5 Å². The largest absolute Gasteiger partial charge is 0.493 e. The maximum atomic E-state index is 5.86. The Labute approximate surface area is 191 Å². The lowest BCUT2D eigenvalue weighted by Gasteiger charge is -2.28. The molecule has 1 fully saturated rings. The van der Waals surface area contributed by atoms with Crippen LogP contribution in [0.2, 0.25) is 0 Å². The first kappa shape index (κ1) is 19.9. The molecule has 4 aromatic rings. The van der Waals surface area contributed by atoms with Crippen LogP contribution in [0.1, 0.15) is 18.4 Å². The van der Waals surface area contributed by atoms with Gasteiger partial charge in [0.1, 0.15) is 11.3 Å². The Balaban J connectivity index is 1.46. The Bertz CT molecular complexity index is 1310. The van der Waals surface area contributed by atoms with Crippen molar-refractivity contribution in [1.29, 1.82) is 0 Å². The normalized spacial score (nSPS) is 16.5. The van der Waals surface area contributed by atoms with Crippen molar-refractivity contribution >= 4 is 22.6 Å². The molecule has 2 aliphatic rings. The van der Waals surface area contributed by atoms with Crippen molar-refractivity contribution in [1.82, 2.24) is 24.7 Å². The average molecular weight is 441 g/mol. The Morgan fingerprint density at radius 3 is 2.61 bits per heavy atom. The van der Waals surface area contributed by atoms with Crippen LogP contribution in [0.15, 0.2) is 60.9 Å². The summed E-state index contributed by atoms with van der Waals surface area (Å²) in [6.45, 7) is 3.59. The van der Waals surface area contributed by atoms with E-state index in [-0.39, 0.29) is 0 Å². The van der Waals surface area contributed by atoms with Crippen LogP contribution in [-0.4, -0.2) is 57.6 Å². The van der Waals surface area contributed by atoms with Crippen LogP contribution in [0.3, 0.4) is 0 Å². The Kier molecular flexibility index (Phi) is 5.20. The second kappa shape index (κ2) is 8.63. The molecule has 33 heavy (non-hydrogen) atoms. The second-order valence-corrected chi connectivity index (χ2v) is 8.11. The molecule has 8 nitrogen and oxygen atoms in total. The van der Waals surface area contributed by atoms with E-state index in [1.54, 1.807) is 4.68 Å². The van der Waals surface area contributed by atoms with Gasteiger partial charge in [-0.3, -0.25) is 0 Å². The molecule has 0 aliphatic carbocycles. The van der Waals surface area contributed by atoms with Gasteiger partial charge in [-0.1, -0.05) is 30.3 Å². The van der Waals surface area contributed by atoms with Gasteiger partial charge in [0.25, 0.3) is 5.95 Å². The molecule has 0 amide bonds. The van der Waals surface area contributed by atoms with Crippen LogP contribution >= 0.6 is 0 Å². The molecule has 8 heteroatoms. The van der Waals surface area contributed by atoms with E-state index >= 15 is 0 Å². The monoisotopic (exact) mass is 440 g/mol. The zero-order valence-electron chi connectivity index (χ0n) is 18.2. The molecule has 3 aromatic heterocycles. The van der Waals surface area contributed by atoms with Gasteiger partial charge in [0.2, 0.25) is 0 Å². The van der Waals surface area contributed by atoms with Crippen LogP contribution in [0, 0.1) is 0 Å². The van der Waals surface area contributed by atoms with Crippen LogP contribution in [0.4, 0.5) is 5.82 Å².